The Hall–Kier alpha value is -2.36. The van der Waals surface area contributed by atoms with E-state index in [-0.39, 0.29) is 5.91 Å². The summed E-state index contributed by atoms with van der Waals surface area (Å²) in [6, 6.07) is 7.80. The van der Waals surface area contributed by atoms with E-state index in [1.54, 1.807) is 25.5 Å². The van der Waals surface area contributed by atoms with E-state index in [1.807, 2.05) is 19.1 Å². The molecule has 1 aromatic carbocycles. The van der Waals surface area contributed by atoms with Gasteiger partial charge in [-0.15, -0.1) is 0 Å². The van der Waals surface area contributed by atoms with Crippen molar-refractivity contribution in [3.63, 3.8) is 0 Å². The summed E-state index contributed by atoms with van der Waals surface area (Å²) in [5, 5.41) is 6.04. The van der Waals surface area contributed by atoms with Crippen LogP contribution >= 0.6 is 0 Å². The number of pyridine rings is 1. The van der Waals surface area contributed by atoms with E-state index in [1.165, 1.54) is 0 Å². The van der Waals surface area contributed by atoms with Crippen LogP contribution in [0.1, 0.15) is 41.3 Å². The second kappa shape index (κ2) is 6.39. The van der Waals surface area contributed by atoms with Crippen molar-refractivity contribution >= 4 is 17.3 Å². The van der Waals surface area contributed by atoms with Gasteiger partial charge in [0.1, 0.15) is 0 Å². The molecule has 2 aromatic rings. The highest BCUT2D eigenvalue weighted by atomic mass is 16.1. The van der Waals surface area contributed by atoms with Crippen LogP contribution < -0.4 is 10.6 Å². The predicted octanol–water partition coefficient (Wildman–Crippen LogP) is 3.81. The molecule has 0 atom stereocenters. The Morgan fingerprint density at radius 1 is 1.24 bits per heavy atom. The fourth-order valence-corrected chi connectivity index (χ4v) is 2.31. The van der Waals surface area contributed by atoms with Crippen molar-refractivity contribution in [1.29, 1.82) is 0 Å². The molecule has 4 heteroatoms. The molecule has 4 nitrogen and oxygen atoms in total. The molecule has 21 heavy (non-hydrogen) atoms. The number of aromatic nitrogens is 1. The van der Waals surface area contributed by atoms with E-state index in [4.69, 9.17) is 0 Å². The molecule has 0 radical (unpaired) electrons. The lowest BCUT2D eigenvalue weighted by molar-refractivity contribution is 0.102. The first kappa shape index (κ1) is 15.0. The average Bonchev–Trinajstić information content (AvgIpc) is 2.48. The van der Waals surface area contributed by atoms with Gasteiger partial charge in [-0.25, -0.2) is 0 Å². The lowest BCUT2D eigenvalue weighted by atomic mass is 9.98. The summed E-state index contributed by atoms with van der Waals surface area (Å²) in [6.45, 7) is 6.25. The molecule has 0 aliphatic carbocycles. The number of carbonyl (C=O) groups is 1. The maximum absolute atomic E-state index is 12.5. The van der Waals surface area contributed by atoms with Crippen LogP contribution in [0.2, 0.25) is 0 Å². The number of hydrogen-bond acceptors (Lipinski definition) is 3. The summed E-state index contributed by atoms with van der Waals surface area (Å²) in [5.41, 5.74) is 4.41. The van der Waals surface area contributed by atoms with Gasteiger partial charge in [0.2, 0.25) is 0 Å². The van der Waals surface area contributed by atoms with Crippen LogP contribution in [0.25, 0.3) is 0 Å². The maximum Gasteiger partial charge on any atom is 0.257 e. The predicted molar refractivity (Wildman–Crippen MR) is 87.0 cm³/mol. The van der Waals surface area contributed by atoms with Crippen molar-refractivity contribution in [3.05, 3.63) is 53.3 Å². The second-order valence-electron chi connectivity index (χ2n) is 5.32. The molecule has 1 aromatic heterocycles. The number of nitrogens with zero attached hydrogens (tertiary/aromatic N) is 1. The van der Waals surface area contributed by atoms with Crippen LogP contribution in [0.4, 0.5) is 11.4 Å². The standard InChI is InChI=1S/C17H21N3O/c1-11(2)13-7-5-6-12(3)16(13)20-17(21)14-8-9-19-10-15(14)18-4/h5-11,18H,1-4H3,(H,20,21). The minimum atomic E-state index is -0.127. The first-order valence-corrected chi connectivity index (χ1v) is 7.07. The van der Waals surface area contributed by atoms with Crippen LogP contribution in [0.15, 0.2) is 36.7 Å². The van der Waals surface area contributed by atoms with Gasteiger partial charge in [0.15, 0.2) is 0 Å². The Morgan fingerprint density at radius 3 is 2.67 bits per heavy atom. The molecule has 0 aliphatic heterocycles. The van der Waals surface area contributed by atoms with Gasteiger partial charge in [-0.05, 0) is 30.0 Å². The molecule has 0 bridgehead atoms. The lowest BCUT2D eigenvalue weighted by Gasteiger charge is -2.17. The largest absolute Gasteiger partial charge is 0.386 e. The van der Waals surface area contributed by atoms with Crippen molar-refractivity contribution in [2.24, 2.45) is 0 Å². The normalized spacial score (nSPS) is 10.5. The van der Waals surface area contributed by atoms with Gasteiger partial charge in [0.25, 0.3) is 5.91 Å². The minimum absolute atomic E-state index is 0.127. The van der Waals surface area contributed by atoms with Gasteiger partial charge >= 0.3 is 0 Å². The van der Waals surface area contributed by atoms with Crippen LogP contribution in [0.5, 0.6) is 0 Å². The lowest BCUT2D eigenvalue weighted by Crippen LogP contribution is -2.16. The summed E-state index contributed by atoms with van der Waals surface area (Å²) in [5.74, 6) is 0.222. The van der Waals surface area contributed by atoms with Gasteiger partial charge < -0.3 is 10.6 Å². The molecule has 1 heterocycles. The Morgan fingerprint density at radius 2 is 2.00 bits per heavy atom. The second-order valence-corrected chi connectivity index (χ2v) is 5.32. The van der Waals surface area contributed by atoms with Crippen LogP contribution in [-0.4, -0.2) is 17.9 Å². The van der Waals surface area contributed by atoms with Gasteiger partial charge in [0.05, 0.1) is 17.4 Å². The van der Waals surface area contributed by atoms with Crippen molar-refractivity contribution in [2.75, 3.05) is 17.7 Å². The summed E-state index contributed by atoms with van der Waals surface area (Å²) in [4.78, 5) is 16.6. The quantitative estimate of drug-likeness (QED) is 0.897. The van der Waals surface area contributed by atoms with Crippen molar-refractivity contribution in [2.45, 2.75) is 26.7 Å². The molecule has 0 fully saturated rings. The Balaban J connectivity index is 2.36. The number of nitrogens with one attached hydrogen (secondary N) is 2. The highest BCUT2D eigenvalue weighted by Gasteiger charge is 2.15. The van der Waals surface area contributed by atoms with Crippen molar-refractivity contribution in [1.82, 2.24) is 4.98 Å². The Bertz CT molecular complexity index is 650. The number of anilines is 2. The zero-order valence-electron chi connectivity index (χ0n) is 12.9. The maximum atomic E-state index is 12.5. The van der Waals surface area contributed by atoms with Crippen molar-refractivity contribution in [3.8, 4) is 0 Å². The number of carbonyl (C=O) groups excluding carboxylic acids is 1. The summed E-state index contributed by atoms with van der Waals surface area (Å²) >= 11 is 0. The number of rotatable bonds is 4. The van der Waals surface area contributed by atoms with Crippen LogP contribution in [-0.2, 0) is 0 Å². The molecule has 2 N–H and O–H groups in total. The minimum Gasteiger partial charge on any atom is -0.386 e. The first-order valence-electron chi connectivity index (χ1n) is 7.07. The molecule has 0 unspecified atom stereocenters. The molecule has 0 aliphatic rings. The summed E-state index contributed by atoms with van der Waals surface area (Å²) < 4.78 is 0. The SMILES string of the molecule is CNc1cnccc1C(=O)Nc1c(C)cccc1C(C)C. The Kier molecular flexibility index (Phi) is 4.58. The molecule has 2 rings (SSSR count). The van der Waals surface area contributed by atoms with Crippen LogP contribution in [0.3, 0.4) is 0 Å². The van der Waals surface area contributed by atoms with E-state index in [2.05, 4.69) is 35.5 Å². The highest BCUT2D eigenvalue weighted by Crippen LogP contribution is 2.28. The molecule has 110 valence electrons. The molecular formula is C17H21N3O. The number of para-hydroxylation sites is 1. The van der Waals surface area contributed by atoms with Gasteiger partial charge in [-0.2, -0.15) is 0 Å². The van der Waals surface area contributed by atoms with E-state index >= 15 is 0 Å². The highest BCUT2D eigenvalue weighted by molar-refractivity contribution is 6.08. The molecule has 0 saturated heterocycles. The fraction of sp³-hybridized carbons (Fsp3) is 0.294. The van der Waals surface area contributed by atoms with E-state index in [0.717, 1.165) is 22.5 Å². The van der Waals surface area contributed by atoms with Crippen molar-refractivity contribution < 1.29 is 4.79 Å². The third-order valence-electron chi connectivity index (χ3n) is 3.50. The first-order chi connectivity index (χ1) is 10.0. The fourth-order valence-electron chi connectivity index (χ4n) is 2.31. The number of hydrogen-bond donors (Lipinski definition) is 2. The van der Waals surface area contributed by atoms with E-state index in [9.17, 15) is 4.79 Å². The number of benzene rings is 1. The molecular weight excluding hydrogens is 262 g/mol. The average molecular weight is 283 g/mol. The van der Waals surface area contributed by atoms with Gasteiger partial charge in [-0.3, -0.25) is 9.78 Å². The smallest absolute Gasteiger partial charge is 0.257 e. The number of amides is 1. The van der Waals surface area contributed by atoms with Crippen LogP contribution in [0, 0.1) is 6.92 Å². The summed E-state index contributed by atoms with van der Waals surface area (Å²) in [6.07, 6.45) is 3.27. The molecule has 1 amide bonds. The zero-order valence-corrected chi connectivity index (χ0v) is 12.9. The third-order valence-corrected chi connectivity index (χ3v) is 3.50. The van der Waals surface area contributed by atoms with E-state index < -0.39 is 0 Å². The van der Waals surface area contributed by atoms with E-state index in [0.29, 0.717) is 11.5 Å². The Labute approximate surface area is 125 Å². The zero-order chi connectivity index (χ0) is 15.4. The third kappa shape index (κ3) is 3.21. The van der Waals surface area contributed by atoms with Gasteiger partial charge in [-0.1, -0.05) is 32.0 Å². The summed E-state index contributed by atoms with van der Waals surface area (Å²) in [7, 11) is 1.78. The topological polar surface area (TPSA) is 54.0 Å². The monoisotopic (exact) mass is 283 g/mol. The molecule has 0 saturated carbocycles. The number of aryl methyl sites for hydroxylation is 1. The van der Waals surface area contributed by atoms with Gasteiger partial charge in [0, 0.05) is 18.9 Å². The molecule has 0 spiro atoms.